The summed E-state index contributed by atoms with van der Waals surface area (Å²) in [6.07, 6.45) is 1.36. The molecule has 1 rings (SSSR count). The second-order valence-corrected chi connectivity index (χ2v) is 6.17. The summed E-state index contributed by atoms with van der Waals surface area (Å²) in [5.41, 5.74) is -0.451. The van der Waals surface area contributed by atoms with Crippen molar-refractivity contribution in [2.45, 2.75) is 31.6 Å². The van der Waals surface area contributed by atoms with Crippen LogP contribution >= 0.6 is 0 Å². The van der Waals surface area contributed by atoms with E-state index in [0.717, 1.165) is 0 Å². The first-order chi connectivity index (χ1) is 6.29. The van der Waals surface area contributed by atoms with Crippen LogP contribution in [0.2, 0.25) is 0 Å². The van der Waals surface area contributed by atoms with Gasteiger partial charge in [-0.25, -0.2) is 4.79 Å². The van der Waals surface area contributed by atoms with Crippen molar-refractivity contribution in [3.8, 4) is 0 Å². The lowest BCUT2D eigenvalue weighted by Gasteiger charge is -2.38. The molecule has 4 nitrogen and oxygen atoms in total. The van der Waals surface area contributed by atoms with Crippen LogP contribution in [-0.4, -0.2) is 45.4 Å². The van der Waals surface area contributed by atoms with E-state index in [4.69, 9.17) is 4.74 Å². The highest BCUT2D eigenvalue weighted by atomic mass is 32.2. The fourth-order valence-electron chi connectivity index (χ4n) is 1.12. The average Bonchev–Trinajstić information content (AvgIpc) is 1.75. The number of amides is 1. The van der Waals surface area contributed by atoms with Gasteiger partial charge < -0.3 is 9.64 Å². The molecule has 1 aliphatic heterocycles. The molecule has 0 bridgehead atoms. The van der Waals surface area contributed by atoms with E-state index in [1.165, 1.54) is 0 Å². The lowest BCUT2D eigenvalue weighted by molar-refractivity contribution is 0.0141. The highest BCUT2D eigenvalue weighted by Crippen LogP contribution is 2.17. The summed E-state index contributed by atoms with van der Waals surface area (Å²) in [7, 11) is -0.833. The van der Waals surface area contributed by atoms with Crippen molar-refractivity contribution in [3.05, 3.63) is 0 Å². The van der Waals surface area contributed by atoms with Crippen LogP contribution < -0.4 is 0 Å². The van der Waals surface area contributed by atoms with E-state index >= 15 is 0 Å². The predicted octanol–water partition coefficient (Wildman–Crippen LogP) is 0.984. The van der Waals surface area contributed by atoms with E-state index in [9.17, 15) is 9.00 Å². The zero-order valence-corrected chi connectivity index (χ0v) is 9.89. The number of likely N-dealkylation sites (tertiary alicyclic amines) is 1. The first-order valence-electron chi connectivity index (χ1n) is 4.60. The summed E-state index contributed by atoms with van der Waals surface area (Å²) in [6.45, 7) is 6.61. The van der Waals surface area contributed by atoms with Crippen molar-refractivity contribution in [1.29, 1.82) is 0 Å². The third-order valence-corrected chi connectivity index (χ3v) is 3.21. The maximum Gasteiger partial charge on any atom is 0.410 e. The van der Waals surface area contributed by atoms with Gasteiger partial charge in [-0.2, -0.15) is 0 Å². The molecule has 1 fully saturated rings. The summed E-state index contributed by atoms with van der Waals surface area (Å²) >= 11 is 0. The Labute approximate surface area is 87.1 Å². The van der Waals surface area contributed by atoms with Gasteiger partial charge in [0, 0.05) is 30.1 Å². The number of hydrogen-bond donors (Lipinski definition) is 0. The summed E-state index contributed by atoms with van der Waals surface area (Å²) in [5, 5.41) is 0.127. The van der Waals surface area contributed by atoms with Gasteiger partial charge in [-0.1, -0.05) is 0 Å². The van der Waals surface area contributed by atoms with Gasteiger partial charge in [0.15, 0.2) is 0 Å². The summed E-state index contributed by atoms with van der Waals surface area (Å²) < 4.78 is 16.2. The second-order valence-electron chi connectivity index (χ2n) is 4.51. The predicted molar refractivity (Wildman–Crippen MR) is 55.7 cm³/mol. The minimum atomic E-state index is -0.833. The SMILES string of the molecule is CS(=O)C1CN(C(=O)OC(C)(C)C)C1. The Morgan fingerprint density at radius 1 is 1.43 bits per heavy atom. The molecular weight excluding hydrogens is 202 g/mol. The molecule has 0 saturated carbocycles. The molecule has 0 aromatic heterocycles. The highest BCUT2D eigenvalue weighted by Gasteiger charge is 2.35. The van der Waals surface area contributed by atoms with Crippen molar-refractivity contribution in [2.24, 2.45) is 0 Å². The molecular formula is C9H17NO3S. The number of ether oxygens (including phenoxy) is 1. The zero-order valence-electron chi connectivity index (χ0n) is 9.07. The first-order valence-corrected chi connectivity index (χ1v) is 6.22. The summed E-state index contributed by atoms with van der Waals surface area (Å²) in [4.78, 5) is 13.0. The maximum absolute atomic E-state index is 11.4. The van der Waals surface area contributed by atoms with Gasteiger partial charge in [-0.3, -0.25) is 4.21 Å². The maximum atomic E-state index is 11.4. The molecule has 1 heterocycles. The third-order valence-electron chi connectivity index (χ3n) is 1.97. The Bertz CT molecular complexity index is 253. The van der Waals surface area contributed by atoms with Crippen LogP contribution in [0.3, 0.4) is 0 Å². The highest BCUT2D eigenvalue weighted by molar-refractivity contribution is 7.85. The van der Waals surface area contributed by atoms with E-state index in [1.54, 1.807) is 11.2 Å². The quantitative estimate of drug-likeness (QED) is 0.660. The van der Waals surface area contributed by atoms with Crippen LogP contribution in [0, 0.1) is 0 Å². The van der Waals surface area contributed by atoms with Crippen LogP contribution in [0.5, 0.6) is 0 Å². The normalized spacial score (nSPS) is 20.1. The van der Waals surface area contributed by atoms with E-state index < -0.39 is 16.4 Å². The Morgan fingerprint density at radius 2 is 1.93 bits per heavy atom. The van der Waals surface area contributed by atoms with Gasteiger partial charge in [0.05, 0.1) is 5.25 Å². The molecule has 1 amide bonds. The van der Waals surface area contributed by atoms with Crippen LogP contribution in [0.4, 0.5) is 4.79 Å². The van der Waals surface area contributed by atoms with Gasteiger partial charge >= 0.3 is 6.09 Å². The molecule has 0 aliphatic carbocycles. The number of hydrogen-bond acceptors (Lipinski definition) is 3. The van der Waals surface area contributed by atoms with Crippen LogP contribution in [0.15, 0.2) is 0 Å². The summed E-state index contributed by atoms with van der Waals surface area (Å²) in [5.74, 6) is 0. The molecule has 1 unspecified atom stereocenters. The van der Waals surface area contributed by atoms with Gasteiger partial charge in [-0.05, 0) is 20.8 Å². The smallest absolute Gasteiger partial charge is 0.410 e. The molecule has 14 heavy (non-hydrogen) atoms. The Balaban J connectivity index is 2.34. The van der Waals surface area contributed by atoms with Gasteiger partial charge in [0.2, 0.25) is 0 Å². The summed E-state index contributed by atoms with van der Waals surface area (Å²) in [6, 6.07) is 0. The second kappa shape index (κ2) is 3.88. The van der Waals surface area contributed by atoms with Crippen molar-refractivity contribution in [3.63, 3.8) is 0 Å². The molecule has 1 aliphatic rings. The first kappa shape index (κ1) is 11.5. The van der Waals surface area contributed by atoms with E-state index in [0.29, 0.717) is 13.1 Å². The van der Waals surface area contributed by atoms with Gasteiger partial charge in [0.1, 0.15) is 5.60 Å². The fraction of sp³-hybridized carbons (Fsp3) is 0.889. The number of carbonyl (C=O) groups is 1. The number of nitrogens with zero attached hydrogens (tertiary/aromatic N) is 1. The van der Waals surface area contributed by atoms with E-state index in [1.807, 2.05) is 20.8 Å². The molecule has 1 saturated heterocycles. The van der Waals surface area contributed by atoms with Crippen molar-refractivity contribution < 1.29 is 13.7 Å². The minimum Gasteiger partial charge on any atom is -0.444 e. The molecule has 0 aromatic rings. The van der Waals surface area contributed by atoms with E-state index in [2.05, 4.69) is 0 Å². The molecule has 0 spiro atoms. The lowest BCUT2D eigenvalue weighted by Crippen LogP contribution is -2.56. The largest absolute Gasteiger partial charge is 0.444 e. The monoisotopic (exact) mass is 219 g/mol. The Kier molecular flexibility index (Phi) is 3.19. The van der Waals surface area contributed by atoms with Gasteiger partial charge in [0.25, 0.3) is 0 Å². The molecule has 1 atom stereocenters. The van der Waals surface area contributed by atoms with Crippen molar-refractivity contribution >= 4 is 16.9 Å². The minimum absolute atomic E-state index is 0.127. The van der Waals surface area contributed by atoms with Gasteiger partial charge in [-0.15, -0.1) is 0 Å². The Morgan fingerprint density at radius 3 is 2.29 bits per heavy atom. The molecule has 0 radical (unpaired) electrons. The molecule has 82 valence electrons. The topological polar surface area (TPSA) is 46.6 Å². The average molecular weight is 219 g/mol. The lowest BCUT2D eigenvalue weighted by atomic mass is 10.2. The van der Waals surface area contributed by atoms with Crippen LogP contribution in [-0.2, 0) is 15.5 Å². The standard InChI is InChI=1S/C9H17NO3S/c1-9(2,3)13-8(11)10-5-7(6-10)14(4)12/h7H,5-6H2,1-4H3. The number of carbonyl (C=O) groups excluding carboxylic acids is 1. The third kappa shape index (κ3) is 2.97. The van der Waals surface area contributed by atoms with E-state index in [-0.39, 0.29) is 11.3 Å². The molecule has 0 N–H and O–H groups in total. The van der Waals surface area contributed by atoms with Crippen LogP contribution in [0.25, 0.3) is 0 Å². The number of rotatable bonds is 1. The van der Waals surface area contributed by atoms with Crippen LogP contribution in [0.1, 0.15) is 20.8 Å². The van der Waals surface area contributed by atoms with Crippen molar-refractivity contribution in [2.75, 3.05) is 19.3 Å². The molecule has 0 aromatic carbocycles. The zero-order chi connectivity index (χ0) is 10.9. The molecule has 5 heteroatoms. The Hall–Kier alpha value is -0.580. The fourth-order valence-corrected chi connectivity index (χ4v) is 1.90. The van der Waals surface area contributed by atoms with Crippen molar-refractivity contribution in [1.82, 2.24) is 4.90 Å².